The number of benzene rings is 3. The van der Waals surface area contributed by atoms with E-state index in [1.54, 1.807) is 26.2 Å². The smallest absolute Gasteiger partial charge is 0.351 e. The fraction of sp³-hybridized carbons (Fsp3) is 0.333. The molecule has 0 unspecified atom stereocenters. The predicted molar refractivity (Wildman–Crippen MR) is 143 cm³/mol. The molecule has 8 heteroatoms. The van der Waals surface area contributed by atoms with Gasteiger partial charge in [0.05, 0.1) is 34.4 Å². The monoisotopic (exact) mass is 523 g/mol. The number of aryl methyl sites for hydroxylation is 2. The number of hydrogen-bond acceptors (Lipinski definition) is 6. The number of hydrogen-bond donors (Lipinski definition) is 2. The first-order chi connectivity index (χ1) is 18.4. The maximum Gasteiger partial charge on any atom is 0.351 e. The van der Waals surface area contributed by atoms with Crippen LogP contribution in [0.15, 0.2) is 72.8 Å². The van der Waals surface area contributed by atoms with E-state index in [1.807, 2.05) is 0 Å². The zero-order valence-electron chi connectivity index (χ0n) is 22.3. The van der Waals surface area contributed by atoms with Crippen LogP contribution in [0.3, 0.4) is 0 Å². The molecule has 0 saturated heterocycles. The van der Waals surface area contributed by atoms with Gasteiger partial charge < -0.3 is 34.1 Å². The number of ether oxygens (including phenoxy) is 3. The predicted octanol–water partition coefficient (Wildman–Crippen LogP) is 2.18. The highest BCUT2D eigenvalue weighted by molar-refractivity contribution is 6.26. The van der Waals surface area contributed by atoms with E-state index in [-0.39, 0.29) is 0 Å². The van der Waals surface area contributed by atoms with Crippen molar-refractivity contribution in [2.75, 3.05) is 34.4 Å². The van der Waals surface area contributed by atoms with Crippen LogP contribution in [0.2, 0.25) is 0 Å². The topological polar surface area (TPSA) is 110 Å². The molecule has 3 rings (SSSR count). The van der Waals surface area contributed by atoms with Crippen LogP contribution < -0.4 is 24.2 Å². The molecule has 0 atom stereocenters. The maximum atomic E-state index is 9.04. The minimum absolute atomic E-state index is 0.647. The van der Waals surface area contributed by atoms with Gasteiger partial charge in [0.25, 0.3) is 0 Å². The van der Waals surface area contributed by atoms with Gasteiger partial charge >= 0.3 is 5.97 Å². The van der Waals surface area contributed by atoms with Gasteiger partial charge in [-0.15, -0.1) is 0 Å². The van der Waals surface area contributed by atoms with Crippen LogP contribution in [0.25, 0.3) is 0 Å². The number of carboxylic acids is 2. The van der Waals surface area contributed by atoms with E-state index in [2.05, 4.69) is 72.8 Å². The third-order valence-corrected chi connectivity index (χ3v) is 6.03. The summed E-state index contributed by atoms with van der Waals surface area (Å²) in [7, 11) is 4.99. The van der Waals surface area contributed by atoms with E-state index in [9.17, 15) is 0 Å². The second-order valence-electron chi connectivity index (χ2n) is 8.73. The van der Waals surface area contributed by atoms with Crippen LogP contribution in [-0.2, 0) is 29.0 Å². The van der Waals surface area contributed by atoms with E-state index in [0.717, 1.165) is 56.8 Å². The Bertz CT molecular complexity index is 1040. The average Bonchev–Trinajstić information content (AvgIpc) is 2.93. The molecular formula is C30H37NO7. The lowest BCUT2D eigenvalue weighted by atomic mass is 10.1. The van der Waals surface area contributed by atoms with Crippen molar-refractivity contribution >= 4 is 11.9 Å². The summed E-state index contributed by atoms with van der Waals surface area (Å²) < 4.78 is 16.6. The fourth-order valence-electron chi connectivity index (χ4n) is 4.20. The zero-order valence-corrected chi connectivity index (χ0v) is 22.3. The van der Waals surface area contributed by atoms with E-state index >= 15 is 0 Å². The Morgan fingerprint density at radius 2 is 1.16 bits per heavy atom. The van der Waals surface area contributed by atoms with E-state index in [1.165, 1.54) is 16.7 Å². The van der Waals surface area contributed by atoms with Crippen LogP contribution in [0.5, 0.6) is 17.2 Å². The molecule has 3 aromatic rings. The van der Waals surface area contributed by atoms with Gasteiger partial charge in [-0.05, 0) is 36.1 Å². The molecule has 0 bridgehead atoms. The van der Waals surface area contributed by atoms with Gasteiger partial charge in [-0.25, -0.2) is 4.79 Å². The molecule has 0 heterocycles. The molecule has 38 heavy (non-hydrogen) atoms. The molecule has 0 aliphatic heterocycles. The van der Waals surface area contributed by atoms with E-state index < -0.39 is 11.9 Å². The number of methoxy groups -OCH3 is 3. The highest BCUT2D eigenvalue weighted by Crippen LogP contribution is 2.38. The summed E-state index contributed by atoms with van der Waals surface area (Å²) in [6, 6.07) is 25.7. The largest absolute Gasteiger partial charge is 0.539 e. The van der Waals surface area contributed by atoms with Gasteiger partial charge in [-0.2, -0.15) is 0 Å². The lowest BCUT2D eigenvalue weighted by Gasteiger charge is -2.21. The molecule has 204 valence electrons. The van der Waals surface area contributed by atoms with Crippen molar-refractivity contribution < 1.29 is 38.9 Å². The summed E-state index contributed by atoms with van der Waals surface area (Å²) in [6.07, 6.45) is 4.54. The number of carboxylic acid groups (broad SMARTS) is 2. The summed E-state index contributed by atoms with van der Waals surface area (Å²) in [6.45, 7) is 3.18. The first-order valence-corrected chi connectivity index (χ1v) is 12.5. The number of carbonyl (C=O) groups excluding carboxylic acids is 1. The summed E-state index contributed by atoms with van der Waals surface area (Å²) in [5.41, 5.74) is 4.02. The van der Waals surface area contributed by atoms with Crippen LogP contribution in [0.1, 0.15) is 29.5 Å². The Hall–Kier alpha value is -4.04. The Morgan fingerprint density at radius 1 is 0.737 bits per heavy atom. The van der Waals surface area contributed by atoms with E-state index in [4.69, 9.17) is 34.0 Å². The lowest BCUT2D eigenvalue weighted by molar-refractivity contribution is -0.914. The zero-order chi connectivity index (χ0) is 27.8. The summed E-state index contributed by atoms with van der Waals surface area (Å²) in [5.74, 6) is -1.93. The van der Waals surface area contributed by atoms with E-state index in [0.29, 0.717) is 5.75 Å². The third-order valence-electron chi connectivity index (χ3n) is 6.03. The van der Waals surface area contributed by atoms with Crippen molar-refractivity contribution in [1.82, 2.24) is 0 Å². The number of aliphatic carboxylic acids is 2. The number of quaternary nitrogens is 1. The molecule has 0 aromatic heterocycles. The molecule has 0 radical (unpaired) electrons. The van der Waals surface area contributed by atoms with Crippen molar-refractivity contribution in [2.45, 2.75) is 32.2 Å². The highest BCUT2D eigenvalue weighted by Gasteiger charge is 2.17. The Balaban J connectivity index is 0.000000757. The van der Waals surface area contributed by atoms with Crippen molar-refractivity contribution in [2.24, 2.45) is 0 Å². The summed E-state index contributed by atoms with van der Waals surface area (Å²) >= 11 is 0. The van der Waals surface area contributed by atoms with Crippen molar-refractivity contribution in [3.05, 3.63) is 89.5 Å². The molecule has 0 fully saturated rings. The van der Waals surface area contributed by atoms with Crippen LogP contribution in [0.4, 0.5) is 0 Å². The molecule has 0 aliphatic carbocycles. The maximum absolute atomic E-state index is 9.04. The van der Waals surface area contributed by atoms with Crippen LogP contribution in [-0.4, -0.2) is 51.5 Å². The Labute approximate surface area is 224 Å². The third kappa shape index (κ3) is 10.5. The minimum Gasteiger partial charge on any atom is -0.539 e. The molecule has 3 aromatic carbocycles. The number of carbonyl (C=O) groups is 2. The molecule has 8 nitrogen and oxygen atoms in total. The van der Waals surface area contributed by atoms with Crippen molar-refractivity contribution in [1.29, 1.82) is 0 Å². The lowest BCUT2D eigenvalue weighted by Crippen LogP contribution is -3.10. The Kier molecular flexibility index (Phi) is 13.2. The first kappa shape index (κ1) is 30.2. The molecule has 0 amide bonds. The molecule has 0 spiro atoms. The van der Waals surface area contributed by atoms with Crippen molar-refractivity contribution in [3.8, 4) is 17.2 Å². The second-order valence-corrected chi connectivity index (χ2v) is 8.73. The Morgan fingerprint density at radius 3 is 1.50 bits per heavy atom. The molecule has 2 N–H and O–H groups in total. The molecular weight excluding hydrogens is 486 g/mol. The minimum atomic E-state index is -2.07. The van der Waals surface area contributed by atoms with Gasteiger partial charge in [-0.1, -0.05) is 60.7 Å². The SMILES string of the molecule is COc1cc(C[NH+](CCCc2ccccc2)CCCc2ccccc2)cc(OC)c1OC.O=C([O-])C(=O)O. The standard InChI is InChI=1S/C28H35NO3.C2H2O4/c1-30-26-20-25(21-27(31-2)28(26)32-3)22-29(18-10-16-23-12-6-4-7-13-23)19-11-17-24-14-8-5-9-15-24;3-1(4)2(5)6/h4-9,12-15,20-21H,10-11,16-19,22H2,1-3H3;(H,3,4)(H,5,6). The van der Waals surface area contributed by atoms with Gasteiger partial charge in [-0.3, -0.25) is 0 Å². The normalized spacial score (nSPS) is 10.3. The summed E-state index contributed by atoms with van der Waals surface area (Å²) in [4.78, 5) is 19.6. The average molecular weight is 524 g/mol. The van der Waals surface area contributed by atoms with Crippen molar-refractivity contribution in [3.63, 3.8) is 0 Å². The first-order valence-electron chi connectivity index (χ1n) is 12.5. The van der Waals surface area contributed by atoms with Gasteiger partial charge in [0.1, 0.15) is 6.54 Å². The van der Waals surface area contributed by atoms with Gasteiger partial charge in [0.15, 0.2) is 17.5 Å². The molecule has 0 saturated carbocycles. The van der Waals surface area contributed by atoms with Gasteiger partial charge in [0.2, 0.25) is 5.75 Å². The number of rotatable bonds is 13. The van der Waals surface area contributed by atoms with Crippen LogP contribution >= 0.6 is 0 Å². The summed E-state index contributed by atoms with van der Waals surface area (Å²) in [5, 5.41) is 16.3. The van der Waals surface area contributed by atoms with Gasteiger partial charge in [0, 0.05) is 18.4 Å². The van der Waals surface area contributed by atoms with Crippen LogP contribution in [0, 0.1) is 0 Å². The molecule has 0 aliphatic rings. The number of nitrogens with one attached hydrogen (secondary N) is 1. The highest BCUT2D eigenvalue weighted by atomic mass is 16.5. The quantitative estimate of drug-likeness (QED) is 0.331. The fourth-order valence-corrected chi connectivity index (χ4v) is 4.20. The second kappa shape index (κ2) is 16.7.